The third-order valence-corrected chi connectivity index (χ3v) is 6.40. The largest absolute Gasteiger partial charge is 0.496 e. The molecule has 0 fully saturated rings. The van der Waals surface area contributed by atoms with Gasteiger partial charge in [0.05, 0.1) is 24.3 Å². The number of aromatic nitrogens is 3. The first kappa shape index (κ1) is 26.7. The Kier molecular flexibility index (Phi) is 8.35. The van der Waals surface area contributed by atoms with Gasteiger partial charge in [-0.2, -0.15) is 13.2 Å². The molecule has 2 heterocycles. The standard InChI is InChI=1S/C23H21F3N4O5S/c1-15(16-9-11-27-12-10-16)30-35-21(31)8-5-13-36(32,33)22-28-18(14-20(29-22)23(24,25)26)17-6-3-4-7-19(17)34-2/h3-4,6-7,9-12,14H,5,8,13H2,1-2H3/b30-15-. The quantitative estimate of drug-likeness (QED) is 0.178. The maximum atomic E-state index is 13.5. The van der Waals surface area contributed by atoms with E-state index in [1.54, 1.807) is 31.2 Å². The second-order valence-corrected chi connectivity index (χ2v) is 9.42. The van der Waals surface area contributed by atoms with E-state index in [-0.39, 0.29) is 29.8 Å². The molecule has 0 aliphatic carbocycles. The molecule has 9 nitrogen and oxygen atoms in total. The Balaban J connectivity index is 1.76. The lowest BCUT2D eigenvalue weighted by Crippen LogP contribution is -2.17. The molecule has 2 aromatic heterocycles. The molecule has 13 heteroatoms. The van der Waals surface area contributed by atoms with Gasteiger partial charge in [0.25, 0.3) is 0 Å². The highest BCUT2D eigenvalue weighted by atomic mass is 32.2. The highest BCUT2D eigenvalue weighted by Gasteiger charge is 2.35. The number of hydrogen-bond donors (Lipinski definition) is 0. The van der Waals surface area contributed by atoms with Crippen LogP contribution in [-0.4, -0.2) is 47.9 Å². The minimum atomic E-state index is -4.92. The van der Waals surface area contributed by atoms with E-state index in [0.717, 1.165) is 0 Å². The average Bonchev–Trinajstić information content (AvgIpc) is 2.86. The summed E-state index contributed by atoms with van der Waals surface area (Å²) in [6.07, 6.45) is -2.43. The average molecular weight is 523 g/mol. The smallest absolute Gasteiger partial charge is 0.433 e. The van der Waals surface area contributed by atoms with Crippen molar-refractivity contribution in [2.75, 3.05) is 12.9 Å². The lowest BCUT2D eigenvalue weighted by molar-refractivity contribution is -0.143. The molecule has 0 radical (unpaired) electrons. The normalized spacial score (nSPS) is 12.3. The first-order chi connectivity index (χ1) is 17.0. The monoisotopic (exact) mass is 522 g/mol. The number of nitrogens with zero attached hydrogens (tertiary/aromatic N) is 4. The summed E-state index contributed by atoms with van der Waals surface area (Å²) in [4.78, 5) is 27.7. The predicted octanol–water partition coefficient (Wildman–Crippen LogP) is 4.09. The van der Waals surface area contributed by atoms with Crippen LogP contribution in [0.2, 0.25) is 0 Å². The van der Waals surface area contributed by atoms with E-state index in [1.807, 2.05) is 0 Å². The molecule has 0 spiro atoms. The van der Waals surface area contributed by atoms with Crippen LogP contribution in [-0.2, 0) is 25.6 Å². The van der Waals surface area contributed by atoms with Crippen LogP contribution in [0, 0.1) is 0 Å². The summed E-state index contributed by atoms with van der Waals surface area (Å²) in [6.45, 7) is 1.61. The molecule has 0 bridgehead atoms. The van der Waals surface area contributed by atoms with Gasteiger partial charge in [-0.3, -0.25) is 4.98 Å². The lowest BCUT2D eigenvalue weighted by atomic mass is 10.1. The third-order valence-electron chi connectivity index (χ3n) is 4.83. The fourth-order valence-corrected chi connectivity index (χ4v) is 4.19. The molecule has 0 unspecified atom stereocenters. The van der Waals surface area contributed by atoms with Crippen molar-refractivity contribution < 1.29 is 36.0 Å². The van der Waals surface area contributed by atoms with E-state index >= 15 is 0 Å². The molecule has 3 rings (SSSR count). The Bertz CT molecular complexity index is 1360. The molecule has 0 amide bonds. The number of methoxy groups -OCH3 is 1. The number of sulfone groups is 1. The summed E-state index contributed by atoms with van der Waals surface area (Å²) in [5.41, 5.74) is -0.450. The Labute approximate surface area is 204 Å². The summed E-state index contributed by atoms with van der Waals surface area (Å²) < 4.78 is 71.1. The Morgan fingerprint density at radius 1 is 1.08 bits per heavy atom. The lowest BCUT2D eigenvalue weighted by Gasteiger charge is -2.13. The van der Waals surface area contributed by atoms with Crippen LogP contribution in [0.25, 0.3) is 11.3 Å². The van der Waals surface area contributed by atoms with Gasteiger partial charge in [-0.1, -0.05) is 17.3 Å². The molecular formula is C23H21F3N4O5S. The van der Waals surface area contributed by atoms with Crippen LogP contribution in [0.15, 0.2) is 65.2 Å². The van der Waals surface area contributed by atoms with E-state index in [1.165, 1.54) is 31.6 Å². The van der Waals surface area contributed by atoms with Gasteiger partial charge in [-0.15, -0.1) is 0 Å². The van der Waals surface area contributed by atoms with Gasteiger partial charge < -0.3 is 9.57 Å². The number of rotatable bonds is 9. The molecule has 3 aromatic rings. The van der Waals surface area contributed by atoms with Gasteiger partial charge in [0.2, 0.25) is 15.0 Å². The van der Waals surface area contributed by atoms with Crippen LogP contribution in [0.1, 0.15) is 31.0 Å². The van der Waals surface area contributed by atoms with Crippen molar-refractivity contribution in [3.05, 3.63) is 66.1 Å². The van der Waals surface area contributed by atoms with E-state index < -0.39 is 38.6 Å². The molecule has 36 heavy (non-hydrogen) atoms. The van der Waals surface area contributed by atoms with Gasteiger partial charge in [0, 0.05) is 29.9 Å². The van der Waals surface area contributed by atoms with Crippen molar-refractivity contribution >= 4 is 21.5 Å². The number of oxime groups is 1. The molecule has 0 aliphatic heterocycles. The molecule has 0 saturated carbocycles. The SMILES string of the molecule is COc1ccccc1-c1cc(C(F)(F)F)nc(S(=O)(=O)CCCC(=O)O/N=C(/C)c2ccncc2)n1. The molecule has 0 saturated heterocycles. The zero-order valence-electron chi connectivity index (χ0n) is 19.2. The van der Waals surface area contributed by atoms with Crippen molar-refractivity contribution in [1.29, 1.82) is 0 Å². The maximum Gasteiger partial charge on any atom is 0.433 e. The topological polar surface area (TPSA) is 121 Å². The molecule has 0 atom stereocenters. The number of halogens is 3. The second kappa shape index (κ2) is 11.2. The first-order valence-corrected chi connectivity index (χ1v) is 12.1. The van der Waals surface area contributed by atoms with Crippen LogP contribution >= 0.6 is 0 Å². The van der Waals surface area contributed by atoms with Gasteiger partial charge in [0.15, 0.2) is 0 Å². The molecule has 190 valence electrons. The number of para-hydroxylation sites is 1. The Hall–Kier alpha value is -3.87. The van der Waals surface area contributed by atoms with Gasteiger partial charge >= 0.3 is 12.1 Å². The zero-order valence-corrected chi connectivity index (χ0v) is 20.0. The summed E-state index contributed by atoms with van der Waals surface area (Å²) in [6, 6.07) is 10.1. The minimum absolute atomic E-state index is 0.162. The molecule has 0 aliphatic rings. The van der Waals surface area contributed by atoms with Crippen LogP contribution in [0.4, 0.5) is 13.2 Å². The third kappa shape index (κ3) is 6.84. The van der Waals surface area contributed by atoms with E-state index in [0.29, 0.717) is 17.3 Å². The second-order valence-electron chi connectivity index (χ2n) is 7.42. The number of hydrogen-bond acceptors (Lipinski definition) is 9. The molecule has 0 N–H and O–H groups in total. The van der Waals surface area contributed by atoms with Crippen molar-refractivity contribution in [2.45, 2.75) is 31.1 Å². The van der Waals surface area contributed by atoms with Crippen molar-refractivity contribution in [1.82, 2.24) is 15.0 Å². The van der Waals surface area contributed by atoms with Crippen molar-refractivity contribution in [3.63, 3.8) is 0 Å². The van der Waals surface area contributed by atoms with E-state index in [2.05, 4.69) is 20.1 Å². The van der Waals surface area contributed by atoms with Crippen LogP contribution in [0.3, 0.4) is 0 Å². The molecule has 1 aromatic carbocycles. The number of carbonyl (C=O) groups is 1. The fourth-order valence-electron chi connectivity index (χ4n) is 3.01. The summed E-state index contributed by atoms with van der Waals surface area (Å²) in [7, 11) is -3.05. The maximum absolute atomic E-state index is 13.5. The highest BCUT2D eigenvalue weighted by Crippen LogP contribution is 2.34. The predicted molar refractivity (Wildman–Crippen MR) is 123 cm³/mol. The van der Waals surface area contributed by atoms with Gasteiger partial charge in [-0.25, -0.2) is 23.2 Å². The summed E-state index contributed by atoms with van der Waals surface area (Å²) >= 11 is 0. The van der Waals surface area contributed by atoms with Crippen LogP contribution < -0.4 is 4.74 Å². The van der Waals surface area contributed by atoms with Crippen LogP contribution in [0.5, 0.6) is 5.75 Å². The fraction of sp³-hybridized carbons (Fsp3) is 0.261. The van der Waals surface area contributed by atoms with Gasteiger partial charge in [0.1, 0.15) is 11.4 Å². The van der Waals surface area contributed by atoms with E-state index in [9.17, 15) is 26.4 Å². The Morgan fingerprint density at radius 2 is 1.78 bits per heavy atom. The summed E-state index contributed by atoms with van der Waals surface area (Å²) in [5.74, 6) is -1.28. The number of alkyl halides is 3. The minimum Gasteiger partial charge on any atom is -0.496 e. The number of ether oxygens (including phenoxy) is 1. The number of pyridine rings is 1. The Morgan fingerprint density at radius 3 is 2.44 bits per heavy atom. The van der Waals surface area contributed by atoms with Crippen molar-refractivity contribution in [3.8, 4) is 17.0 Å². The van der Waals surface area contributed by atoms with Gasteiger partial charge in [-0.05, 0) is 43.7 Å². The van der Waals surface area contributed by atoms with E-state index in [4.69, 9.17) is 9.57 Å². The molecular weight excluding hydrogens is 501 g/mol. The summed E-state index contributed by atoms with van der Waals surface area (Å²) in [5, 5.41) is 2.69. The highest BCUT2D eigenvalue weighted by molar-refractivity contribution is 7.91. The first-order valence-electron chi connectivity index (χ1n) is 10.5. The number of benzene rings is 1. The van der Waals surface area contributed by atoms with Crippen molar-refractivity contribution in [2.24, 2.45) is 5.16 Å². The zero-order chi connectivity index (χ0) is 26.3. The number of carbonyl (C=O) groups excluding carboxylic acids is 1.